The largest absolute Gasteiger partial charge is 0.496 e. The first kappa shape index (κ1) is 21.1. The van der Waals surface area contributed by atoms with Crippen LogP contribution >= 0.6 is 27.7 Å². The van der Waals surface area contributed by atoms with Gasteiger partial charge in [0.2, 0.25) is 11.8 Å². The van der Waals surface area contributed by atoms with Crippen LogP contribution in [0.25, 0.3) is 0 Å². The average molecular weight is 475 g/mol. The second-order valence-electron chi connectivity index (χ2n) is 6.25. The zero-order valence-electron chi connectivity index (χ0n) is 15.8. The third-order valence-electron chi connectivity index (χ3n) is 4.02. The number of carbonyl (C=O) groups is 2. The monoisotopic (exact) mass is 474 g/mol. The van der Waals surface area contributed by atoms with E-state index in [9.17, 15) is 9.59 Å². The predicted molar refractivity (Wildman–Crippen MR) is 120 cm³/mol. The van der Waals surface area contributed by atoms with E-state index in [-0.39, 0.29) is 18.2 Å². The van der Waals surface area contributed by atoms with Gasteiger partial charge in [0.1, 0.15) is 11.0 Å². The van der Waals surface area contributed by atoms with Crippen LogP contribution in [0, 0.1) is 6.92 Å². The first-order valence-electron chi connectivity index (χ1n) is 8.73. The highest BCUT2D eigenvalue weighted by molar-refractivity contribution is 9.10. The minimum Gasteiger partial charge on any atom is -0.496 e. The summed E-state index contributed by atoms with van der Waals surface area (Å²) in [7, 11) is 1.58. The third-order valence-corrected chi connectivity index (χ3v) is 5.59. The van der Waals surface area contributed by atoms with E-state index in [1.165, 1.54) is 11.8 Å². The molecule has 1 aliphatic heterocycles. The predicted octanol–water partition coefficient (Wildman–Crippen LogP) is 3.72. The number of anilines is 1. The lowest BCUT2D eigenvalue weighted by Gasteiger charge is -2.07. The van der Waals surface area contributed by atoms with Crippen molar-refractivity contribution in [3.8, 4) is 5.75 Å². The van der Waals surface area contributed by atoms with Gasteiger partial charge in [-0.05, 0) is 37.3 Å². The van der Waals surface area contributed by atoms with E-state index >= 15 is 0 Å². The third kappa shape index (κ3) is 5.91. The van der Waals surface area contributed by atoms with Gasteiger partial charge < -0.3 is 15.4 Å². The van der Waals surface area contributed by atoms with Crippen LogP contribution in [0.2, 0.25) is 0 Å². The van der Waals surface area contributed by atoms with Crippen LogP contribution in [0.3, 0.4) is 0 Å². The molecule has 3 rings (SSSR count). The number of amidine groups is 1. The lowest BCUT2D eigenvalue weighted by atomic mass is 10.2. The second kappa shape index (κ2) is 9.71. The molecule has 29 heavy (non-hydrogen) atoms. The van der Waals surface area contributed by atoms with Gasteiger partial charge >= 0.3 is 0 Å². The van der Waals surface area contributed by atoms with Crippen molar-refractivity contribution in [1.82, 2.24) is 5.32 Å². The number of hydrogen-bond acceptors (Lipinski definition) is 6. The van der Waals surface area contributed by atoms with Crippen molar-refractivity contribution in [1.29, 1.82) is 0 Å². The fourth-order valence-corrected chi connectivity index (χ4v) is 3.86. The van der Waals surface area contributed by atoms with Gasteiger partial charge in [-0.15, -0.1) is 5.10 Å². The summed E-state index contributed by atoms with van der Waals surface area (Å²) in [5, 5.41) is 13.3. The van der Waals surface area contributed by atoms with Gasteiger partial charge in [-0.3, -0.25) is 9.59 Å². The molecule has 7 nitrogen and oxygen atoms in total. The minimum absolute atomic E-state index is 0.0482. The summed E-state index contributed by atoms with van der Waals surface area (Å²) in [5.74, 6) is 0.166. The maximum Gasteiger partial charge on any atom is 0.240 e. The number of methoxy groups -OCH3 is 1. The second-order valence-corrected chi connectivity index (χ2v) is 8.36. The van der Waals surface area contributed by atoms with Gasteiger partial charge in [-0.25, -0.2) is 0 Å². The molecule has 0 aromatic heterocycles. The summed E-state index contributed by atoms with van der Waals surface area (Å²) in [4.78, 5) is 24.3. The topological polar surface area (TPSA) is 92.2 Å². The van der Waals surface area contributed by atoms with Gasteiger partial charge in [0.05, 0.1) is 13.3 Å². The molecule has 1 fully saturated rings. The fourth-order valence-electron chi connectivity index (χ4n) is 2.55. The summed E-state index contributed by atoms with van der Waals surface area (Å²) in [6.07, 6.45) is 1.59. The number of aryl methyl sites for hydroxylation is 1. The molecular formula is C20H19BrN4O3S. The molecule has 0 spiro atoms. The van der Waals surface area contributed by atoms with Gasteiger partial charge in [0.15, 0.2) is 5.17 Å². The molecule has 150 valence electrons. The molecule has 9 heteroatoms. The average Bonchev–Trinajstić information content (AvgIpc) is 3.03. The maximum atomic E-state index is 12.2. The number of rotatable bonds is 6. The smallest absolute Gasteiger partial charge is 0.240 e. The summed E-state index contributed by atoms with van der Waals surface area (Å²) < 4.78 is 6.16. The van der Waals surface area contributed by atoms with Crippen molar-refractivity contribution in [2.75, 3.05) is 12.4 Å². The molecule has 0 radical (unpaired) electrons. The number of amides is 2. The number of hydrogen-bond donors (Lipinski definition) is 2. The number of benzene rings is 2. The minimum atomic E-state index is -0.546. The van der Waals surface area contributed by atoms with Crippen molar-refractivity contribution in [2.24, 2.45) is 10.2 Å². The van der Waals surface area contributed by atoms with E-state index in [1.54, 1.807) is 13.3 Å². The van der Waals surface area contributed by atoms with Crippen molar-refractivity contribution >= 4 is 56.6 Å². The van der Waals surface area contributed by atoms with Crippen LogP contribution in [0.1, 0.15) is 17.5 Å². The Labute approximate surface area is 181 Å². The Morgan fingerprint density at radius 1 is 1.31 bits per heavy atom. The van der Waals surface area contributed by atoms with E-state index in [0.29, 0.717) is 16.6 Å². The molecule has 2 aromatic rings. The quantitative estimate of drug-likeness (QED) is 0.492. The Kier molecular flexibility index (Phi) is 7.05. The van der Waals surface area contributed by atoms with Crippen molar-refractivity contribution in [3.05, 3.63) is 58.1 Å². The van der Waals surface area contributed by atoms with Crippen LogP contribution < -0.4 is 15.4 Å². The van der Waals surface area contributed by atoms with Gasteiger partial charge in [0.25, 0.3) is 0 Å². The Balaban J connectivity index is 1.58. The number of nitrogens with one attached hydrogen (secondary N) is 2. The van der Waals surface area contributed by atoms with Crippen molar-refractivity contribution < 1.29 is 14.3 Å². The zero-order chi connectivity index (χ0) is 20.8. The molecule has 0 aliphatic carbocycles. The summed E-state index contributed by atoms with van der Waals surface area (Å²) in [5.41, 5.74) is 2.55. The Bertz CT molecular complexity index is 976. The van der Waals surface area contributed by atoms with Crippen LogP contribution in [0.4, 0.5) is 5.69 Å². The Morgan fingerprint density at radius 3 is 2.79 bits per heavy atom. The number of nitrogens with zero attached hydrogens (tertiary/aromatic N) is 2. The van der Waals surface area contributed by atoms with Crippen LogP contribution in [0.15, 0.2) is 57.1 Å². The van der Waals surface area contributed by atoms with Crippen LogP contribution in [-0.4, -0.2) is 35.6 Å². The molecule has 0 unspecified atom stereocenters. The molecule has 1 aliphatic rings. The van der Waals surface area contributed by atoms with Gasteiger partial charge in [-0.2, -0.15) is 5.10 Å². The van der Waals surface area contributed by atoms with Gasteiger partial charge in [0, 0.05) is 22.1 Å². The molecule has 0 bridgehead atoms. The number of halogens is 1. The fraction of sp³-hybridized carbons (Fsp3) is 0.200. The van der Waals surface area contributed by atoms with E-state index in [4.69, 9.17) is 4.74 Å². The summed E-state index contributed by atoms with van der Waals surface area (Å²) >= 11 is 4.58. The van der Waals surface area contributed by atoms with Crippen LogP contribution in [-0.2, 0) is 9.59 Å². The lowest BCUT2D eigenvalue weighted by molar-refractivity contribution is -0.122. The molecule has 2 amide bonds. The standard InChI is InChI=1S/C20H19BrN4O3S/c1-12-3-6-15(7-4-12)23-18(26)10-17-19(27)24-20(29-17)25-22-11-13-9-14(21)5-8-16(13)28-2/h3-9,11,17H,10H2,1-2H3,(H,23,26)(H,24,25,27)/b22-11-/t17-/m0/s1. The highest BCUT2D eigenvalue weighted by Crippen LogP contribution is 2.24. The molecule has 2 aromatic carbocycles. The lowest BCUT2D eigenvalue weighted by Crippen LogP contribution is -2.28. The van der Waals surface area contributed by atoms with Crippen molar-refractivity contribution in [3.63, 3.8) is 0 Å². The number of ether oxygens (including phenoxy) is 1. The molecular weight excluding hydrogens is 456 g/mol. The molecule has 2 N–H and O–H groups in total. The molecule has 0 saturated carbocycles. The van der Waals surface area contributed by atoms with Crippen molar-refractivity contribution in [2.45, 2.75) is 18.6 Å². The highest BCUT2D eigenvalue weighted by Gasteiger charge is 2.32. The SMILES string of the molecule is COc1ccc(Br)cc1/C=N\N=C1/NC(=O)[C@H](CC(=O)Nc2ccc(C)cc2)S1. The van der Waals surface area contributed by atoms with Crippen LogP contribution in [0.5, 0.6) is 5.75 Å². The Morgan fingerprint density at radius 2 is 2.07 bits per heavy atom. The zero-order valence-corrected chi connectivity index (χ0v) is 18.2. The number of thioether (sulfide) groups is 1. The van der Waals surface area contributed by atoms with E-state index in [0.717, 1.165) is 15.6 Å². The van der Waals surface area contributed by atoms with E-state index < -0.39 is 5.25 Å². The maximum absolute atomic E-state index is 12.2. The normalized spacial score (nSPS) is 17.6. The highest BCUT2D eigenvalue weighted by atomic mass is 79.9. The summed E-state index contributed by atoms with van der Waals surface area (Å²) in [6.45, 7) is 1.97. The molecule has 1 heterocycles. The summed E-state index contributed by atoms with van der Waals surface area (Å²) in [6, 6.07) is 13.0. The number of carbonyl (C=O) groups excluding carboxylic acids is 2. The van der Waals surface area contributed by atoms with E-state index in [2.05, 4.69) is 36.8 Å². The molecule has 1 atom stereocenters. The van der Waals surface area contributed by atoms with E-state index in [1.807, 2.05) is 49.4 Å². The molecule has 1 saturated heterocycles. The first-order valence-corrected chi connectivity index (χ1v) is 10.4. The van der Waals surface area contributed by atoms with Gasteiger partial charge in [-0.1, -0.05) is 45.4 Å². The Hall–Kier alpha value is -2.65. The first-order chi connectivity index (χ1) is 13.9.